The van der Waals surface area contributed by atoms with Crippen molar-refractivity contribution in [3.8, 4) is 0 Å². The molecule has 1 aliphatic heterocycles. The lowest BCUT2D eigenvalue weighted by Gasteiger charge is -2.40. The fourth-order valence-corrected chi connectivity index (χ4v) is 4.84. The van der Waals surface area contributed by atoms with Gasteiger partial charge in [0.05, 0.1) is 22.9 Å². The number of hydrogen-bond donors (Lipinski definition) is 3. The Morgan fingerprint density at radius 1 is 1.41 bits per heavy atom. The zero-order valence-corrected chi connectivity index (χ0v) is 18.9. The maximum absolute atomic E-state index is 14.7. The van der Waals surface area contributed by atoms with Crippen LogP contribution in [0.4, 0.5) is 20.1 Å². The molecule has 1 aliphatic rings. The fraction of sp³-hybridized carbons (Fsp3) is 0.381. The van der Waals surface area contributed by atoms with Crippen molar-refractivity contribution in [2.75, 3.05) is 36.5 Å². The van der Waals surface area contributed by atoms with Crippen LogP contribution < -0.4 is 10.2 Å². The minimum atomic E-state index is -0.949. The van der Waals surface area contributed by atoms with E-state index in [-0.39, 0.29) is 24.3 Å². The van der Waals surface area contributed by atoms with Crippen LogP contribution in [0.15, 0.2) is 30.5 Å². The summed E-state index contributed by atoms with van der Waals surface area (Å²) in [6.07, 6.45) is 0.681. The topological polar surface area (TPSA) is 102 Å². The number of amides is 2. The van der Waals surface area contributed by atoms with E-state index in [0.29, 0.717) is 35.4 Å². The molecule has 3 heterocycles. The Morgan fingerprint density at radius 2 is 2.22 bits per heavy atom. The Kier molecular flexibility index (Phi) is 6.75. The molecule has 170 valence electrons. The summed E-state index contributed by atoms with van der Waals surface area (Å²) in [4.78, 5) is 24.9. The van der Waals surface area contributed by atoms with Gasteiger partial charge >= 0.3 is 6.03 Å². The van der Waals surface area contributed by atoms with E-state index in [4.69, 9.17) is 16.7 Å². The molecule has 1 aromatic carbocycles. The third-order valence-electron chi connectivity index (χ3n) is 5.31. The first-order valence-corrected chi connectivity index (χ1v) is 11.4. The van der Waals surface area contributed by atoms with E-state index in [1.165, 1.54) is 23.6 Å². The number of urea groups is 1. The molecule has 3 aromatic rings. The predicted octanol–water partition coefficient (Wildman–Crippen LogP) is 3.12. The summed E-state index contributed by atoms with van der Waals surface area (Å²) >= 11 is 7.36. The van der Waals surface area contributed by atoms with Crippen LogP contribution in [-0.2, 0) is 6.42 Å². The molecule has 0 radical (unpaired) electrons. The minimum Gasteiger partial charge on any atom is -0.394 e. The number of aromatic nitrogens is 2. The smallest absolute Gasteiger partial charge is 0.323 e. The number of fused-ring (bicyclic) bond motifs is 1. The first-order chi connectivity index (χ1) is 15.3. The van der Waals surface area contributed by atoms with Gasteiger partial charge in [0.2, 0.25) is 0 Å². The highest BCUT2D eigenvalue weighted by Crippen LogP contribution is 2.29. The van der Waals surface area contributed by atoms with Gasteiger partial charge in [-0.3, -0.25) is 5.32 Å². The molecule has 0 aliphatic carbocycles. The normalized spacial score (nSPS) is 17.6. The highest BCUT2D eigenvalue weighted by Gasteiger charge is 2.29. The zero-order chi connectivity index (χ0) is 22.8. The number of anilines is 2. The number of nitrogens with zero attached hydrogens (tertiary/aromatic N) is 4. The lowest BCUT2D eigenvalue weighted by Crippen LogP contribution is -2.55. The summed E-state index contributed by atoms with van der Waals surface area (Å²) in [5.41, 5.74) is 1.28. The standard InChI is InChI=1S/C21H23ClFN5O3S/c1-12-10-27(21(31)26-20-25-17-3-2-14(22)8-18(17)32-20)4-5-28(12)19-16(23)7-13(9-24-19)6-15(30)11-29/h2-3,7-9,12,15,29-30H,4-6,10-11H2,1H3,(H,25,26,31)/t12-,15-/m0/s1. The second kappa shape index (κ2) is 9.53. The van der Waals surface area contributed by atoms with Gasteiger partial charge in [0.15, 0.2) is 16.8 Å². The van der Waals surface area contributed by atoms with Gasteiger partial charge in [0.25, 0.3) is 0 Å². The molecule has 0 bridgehead atoms. The quantitative estimate of drug-likeness (QED) is 0.519. The second-order valence-corrected chi connectivity index (χ2v) is 9.21. The molecule has 8 nitrogen and oxygen atoms in total. The number of halogens is 2. The highest BCUT2D eigenvalue weighted by atomic mass is 35.5. The van der Waals surface area contributed by atoms with Gasteiger partial charge in [-0.05, 0) is 36.8 Å². The molecular formula is C21H23ClFN5O3S. The summed E-state index contributed by atoms with van der Waals surface area (Å²) < 4.78 is 15.6. The largest absolute Gasteiger partial charge is 0.394 e. The van der Waals surface area contributed by atoms with Crippen molar-refractivity contribution in [1.29, 1.82) is 0 Å². The maximum atomic E-state index is 14.7. The van der Waals surface area contributed by atoms with E-state index in [2.05, 4.69) is 15.3 Å². The number of pyridine rings is 1. The average Bonchev–Trinajstić information content (AvgIpc) is 3.15. The summed E-state index contributed by atoms with van der Waals surface area (Å²) in [7, 11) is 0. The van der Waals surface area contributed by atoms with Crippen LogP contribution in [-0.4, -0.2) is 69.5 Å². The van der Waals surface area contributed by atoms with Crippen LogP contribution in [0, 0.1) is 5.82 Å². The van der Waals surface area contributed by atoms with Crippen molar-refractivity contribution in [1.82, 2.24) is 14.9 Å². The Labute approximate surface area is 193 Å². The first kappa shape index (κ1) is 22.7. The van der Waals surface area contributed by atoms with Gasteiger partial charge in [0.1, 0.15) is 0 Å². The van der Waals surface area contributed by atoms with E-state index in [9.17, 15) is 14.3 Å². The van der Waals surface area contributed by atoms with E-state index in [0.717, 1.165) is 10.2 Å². The lowest BCUT2D eigenvalue weighted by molar-refractivity contribution is 0.0954. The highest BCUT2D eigenvalue weighted by molar-refractivity contribution is 7.22. The van der Waals surface area contributed by atoms with Gasteiger partial charge in [-0.2, -0.15) is 0 Å². The van der Waals surface area contributed by atoms with Crippen molar-refractivity contribution in [3.63, 3.8) is 0 Å². The third-order valence-corrected chi connectivity index (χ3v) is 6.48. The maximum Gasteiger partial charge on any atom is 0.323 e. The van der Waals surface area contributed by atoms with Crippen LogP contribution in [0.2, 0.25) is 5.02 Å². The number of aliphatic hydroxyl groups excluding tert-OH is 2. The number of carbonyl (C=O) groups excluding carboxylic acids is 1. The third kappa shape index (κ3) is 4.93. The molecule has 2 atom stereocenters. The molecule has 0 spiro atoms. The van der Waals surface area contributed by atoms with Crippen LogP contribution in [0.1, 0.15) is 12.5 Å². The molecule has 4 rings (SSSR count). The van der Waals surface area contributed by atoms with E-state index >= 15 is 0 Å². The Hall–Kier alpha value is -2.53. The first-order valence-electron chi connectivity index (χ1n) is 10.2. The van der Waals surface area contributed by atoms with Crippen molar-refractivity contribution < 1.29 is 19.4 Å². The number of benzene rings is 1. The molecule has 0 unspecified atom stereocenters. The number of nitrogens with one attached hydrogen (secondary N) is 1. The number of hydrogen-bond acceptors (Lipinski definition) is 7. The summed E-state index contributed by atoms with van der Waals surface area (Å²) in [6.45, 7) is 2.74. The van der Waals surface area contributed by atoms with Gasteiger partial charge in [0, 0.05) is 43.3 Å². The van der Waals surface area contributed by atoms with Crippen LogP contribution in [0.5, 0.6) is 0 Å². The van der Waals surface area contributed by atoms with Crippen molar-refractivity contribution in [3.05, 3.63) is 46.9 Å². The van der Waals surface area contributed by atoms with Crippen molar-refractivity contribution in [2.24, 2.45) is 0 Å². The minimum absolute atomic E-state index is 0.127. The Morgan fingerprint density at radius 3 is 2.94 bits per heavy atom. The molecule has 2 aromatic heterocycles. The molecule has 11 heteroatoms. The molecular weight excluding hydrogens is 457 g/mol. The molecule has 1 fully saturated rings. The summed E-state index contributed by atoms with van der Waals surface area (Å²) in [6, 6.07) is 6.28. The monoisotopic (exact) mass is 479 g/mol. The molecule has 3 N–H and O–H groups in total. The number of aliphatic hydroxyl groups is 2. The van der Waals surface area contributed by atoms with E-state index in [1.807, 2.05) is 24.0 Å². The zero-order valence-electron chi connectivity index (χ0n) is 17.3. The van der Waals surface area contributed by atoms with Crippen molar-refractivity contribution >= 4 is 50.1 Å². The number of thiazole rings is 1. The second-order valence-electron chi connectivity index (χ2n) is 7.74. The van der Waals surface area contributed by atoms with E-state index < -0.39 is 18.5 Å². The van der Waals surface area contributed by atoms with Gasteiger partial charge in [-0.25, -0.2) is 19.2 Å². The lowest BCUT2D eigenvalue weighted by atomic mass is 10.1. The fourth-order valence-electron chi connectivity index (χ4n) is 3.71. The average molecular weight is 480 g/mol. The van der Waals surface area contributed by atoms with Gasteiger partial charge in [-0.1, -0.05) is 22.9 Å². The van der Waals surface area contributed by atoms with Crippen molar-refractivity contribution in [2.45, 2.75) is 25.5 Å². The SMILES string of the molecule is C[C@H]1CN(C(=O)Nc2nc3ccc(Cl)cc3s2)CCN1c1ncc(C[C@H](O)CO)cc1F. The van der Waals surface area contributed by atoms with Crippen LogP contribution in [0.3, 0.4) is 0 Å². The van der Waals surface area contributed by atoms with Gasteiger partial charge < -0.3 is 20.0 Å². The Balaban J connectivity index is 1.39. The molecule has 32 heavy (non-hydrogen) atoms. The molecule has 0 saturated carbocycles. The Bertz CT molecular complexity index is 1130. The van der Waals surface area contributed by atoms with Crippen LogP contribution >= 0.6 is 22.9 Å². The van der Waals surface area contributed by atoms with E-state index in [1.54, 1.807) is 11.0 Å². The van der Waals surface area contributed by atoms with Crippen LogP contribution in [0.25, 0.3) is 10.2 Å². The predicted molar refractivity (Wildman–Crippen MR) is 123 cm³/mol. The molecule has 1 saturated heterocycles. The number of carbonyl (C=O) groups is 1. The number of piperazine rings is 1. The summed E-state index contributed by atoms with van der Waals surface area (Å²) in [5, 5.41) is 22.4. The molecule has 2 amide bonds. The number of rotatable bonds is 5. The van der Waals surface area contributed by atoms with Gasteiger partial charge in [-0.15, -0.1) is 0 Å². The summed E-state index contributed by atoms with van der Waals surface area (Å²) in [5.74, 6) is -0.284.